The zero-order valence-electron chi connectivity index (χ0n) is 21.1. The molecule has 0 saturated heterocycles. The summed E-state index contributed by atoms with van der Waals surface area (Å²) in [6.45, 7) is 0.260. The molecule has 0 spiro atoms. The van der Waals surface area contributed by atoms with Crippen molar-refractivity contribution in [3.63, 3.8) is 0 Å². The summed E-state index contributed by atoms with van der Waals surface area (Å²) in [6.07, 6.45) is 7.50. The van der Waals surface area contributed by atoms with Crippen molar-refractivity contribution in [3.8, 4) is 5.75 Å². The van der Waals surface area contributed by atoms with Gasteiger partial charge in [0.15, 0.2) is 0 Å². The number of thiophene rings is 1. The topological polar surface area (TPSA) is 74.4 Å². The van der Waals surface area contributed by atoms with E-state index in [1.807, 2.05) is 72.2 Å². The summed E-state index contributed by atoms with van der Waals surface area (Å²) >= 11 is 1.55. The summed E-state index contributed by atoms with van der Waals surface area (Å²) in [6, 6.07) is 18.9. The van der Waals surface area contributed by atoms with Crippen LogP contribution >= 0.6 is 11.3 Å². The van der Waals surface area contributed by atoms with Crippen molar-refractivity contribution < 1.29 is 14.3 Å². The lowest BCUT2D eigenvalue weighted by Crippen LogP contribution is -2.47. The zero-order chi connectivity index (χ0) is 25.6. The van der Waals surface area contributed by atoms with Gasteiger partial charge in [-0.1, -0.05) is 61.7 Å². The van der Waals surface area contributed by atoms with E-state index in [2.05, 4.69) is 10.3 Å². The van der Waals surface area contributed by atoms with Crippen molar-refractivity contribution in [1.29, 1.82) is 0 Å². The molecule has 4 aromatic rings. The number of para-hydroxylation sites is 2. The normalized spacial score (nSPS) is 14.8. The minimum absolute atomic E-state index is 0.0950. The van der Waals surface area contributed by atoms with Crippen LogP contribution in [0.1, 0.15) is 54.1 Å². The minimum atomic E-state index is -0.782. The lowest BCUT2D eigenvalue weighted by atomic mass is 9.94. The number of carbonyl (C=O) groups excluding carboxylic acids is 2. The van der Waals surface area contributed by atoms with E-state index < -0.39 is 6.04 Å². The van der Waals surface area contributed by atoms with Gasteiger partial charge in [-0.15, -0.1) is 11.3 Å². The van der Waals surface area contributed by atoms with Gasteiger partial charge in [-0.05, 0) is 36.4 Å². The maximum absolute atomic E-state index is 14.1. The fourth-order valence-electron chi connectivity index (χ4n) is 5.30. The molecule has 0 aliphatic heterocycles. The molecule has 1 aliphatic carbocycles. The van der Waals surface area contributed by atoms with E-state index in [4.69, 9.17) is 4.74 Å². The molecule has 2 aromatic carbocycles. The molecular formula is C30H33N3O3S. The number of nitrogens with one attached hydrogen (secondary N) is 2. The van der Waals surface area contributed by atoms with Crippen LogP contribution in [0.2, 0.25) is 0 Å². The standard InChI is InChI=1S/C30H33N3O3S/c1-36-27-16-8-5-10-21(27)20-33(28(34)18-23-13-9-17-37-23)29(30(35)32-22-11-3-2-4-12-22)25-19-31-26-15-7-6-14-24(25)26/h5-10,13-17,19,22,29,31H,2-4,11-12,18,20H2,1H3,(H,32,35)/t29-/m1/s1. The summed E-state index contributed by atoms with van der Waals surface area (Å²) in [5.74, 6) is 0.468. The Hall–Kier alpha value is -3.58. The van der Waals surface area contributed by atoms with Gasteiger partial charge in [0.2, 0.25) is 11.8 Å². The third kappa shape index (κ3) is 5.72. The molecule has 2 N–H and O–H groups in total. The number of H-pyrrole nitrogens is 1. The van der Waals surface area contributed by atoms with Crippen LogP contribution < -0.4 is 10.1 Å². The van der Waals surface area contributed by atoms with Crippen LogP contribution in [0.3, 0.4) is 0 Å². The Balaban J connectivity index is 1.57. The van der Waals surface area contributed by atoms with Crippen molar-refractivity contribution in [2.45, 2.75) is 57.2 Å². The van der Waals surface area contributed by atoms with Crippen molar-refractivity contribution in [2.75, 3.05) is 7.11 Å². The Labute approximate surface area is 221 Å². The molecule has 2 amide bonds. The van der Waals surface area contributed by atoms with Gasteiger partial charge in [0.25, 0.3) is 0 Å². The molecule has 37 heavy (non-hydrogen) atoms. The fourth-order valence-corrected chi connectivity index (χ4v) is 6.00. The highest BCUT2D eigenvalue weighted by molar-refractivity contribution is 7.10. The third-order valence-corrected chi connectivity index (χ3v) is 8.06. The molecule has 192 valence electrons. The van der Waals surface area contributed by atoms with Gasteiger partial charge < -0.3 is 19.9 Å². The first-order valence-corrected chi connectivity index (χ1v) is 13.8. The number of fused-ring (bicyclic) bond motifs is 1. The zero-order valence-corrected chi connectivity index (χ0v) is 21.9. The lowest BCUT2D eigenvalue weighted by Gasteiger charge is -2.33. The SMILES string of the molecule is COc1ccccc1CN(C(=O)Cc1cccs1)[C@@H](C(=O)NC1CCCCC1)c1c[nH]c2ccccc12. The molecule has 6 nitrogen and oxygen atoms in total. The molecule has 5 rings (SSSR count). The average molecular weight is 516 g/mol. The number of hydrogen-bond donors (Lipinski definition) is 2. The molecule has 1 atom stereocenters. The number of rotatable bonds is 9. The monoisotopic (exact) mass is 515 g/mol. The third-order valence-electron chi connectivity index (χ3n) is 7.19. The van der Waals surface area contributed by atoms with Gasteiger partial charge in [-0.25, -0.2) is 0 Å². The predicted molar refractivity (Wildman–Crippen MR) is 148 cm³/mol. The fraction of sp³-hybridized carbons (Fsp3) is 0.333. The summed E-state index contributed by atoms with van der Waals surface area (Å²) in [4.78, 5) is 34.1. The van der Waals surface area contributed by atoms with Crippen LogP contribution in [0.25, 0.3) is 10.9 Å². The van der Waals surface area contributed by atoms with E-state index in [1.165, 1.54) is 6.42 Å². The summed E-state index contributed by atoms with van der Waals surface area (Å²) in [5, 5.41) is 6.22. The summed E-state index contributed by atoms with van der Waals surface area (Å²) in [5.41, 5.74) is 2.61. The second-order valence-corrected chi connectivity index (χ2v) is 10.7. The lowest BCUT2D eigenvalue weighted by molar-refractivity contribution is -0.141. The van der Waals surface area contributed by atoms with E-state index in [-0.39, 0.29) is 30.8 Å². The van der Waals surface area contributed by atoms with Crippen LogP contribution in [0.4, 0.5) is 0 Å². The largest absolute Gasteiger partial charge is 0.496 e. The number of hydrogen-bond acceptors (Lipinski definition) is 4. The molecular weight excluding hydrogens is 482 g/mol. The first-order chi connectivity index (χ1) is 18.1. The number of aromatic amines is 1. The molecule has 2 heterocycles. The number of nitrogens with zero attached hydrogens (tertiary/aromatic N) is 1. The van der Waals surface area contributed by atoms with E-state index >= 15 is 0 Å². The van der Waals surface area contributed by atoms with Gasteiger partial charge >= 0.3 is 0 Å². The second kappa shape index (κ2) is 11.6. The highest BCUT2D eigenvalue weighted by Crippen LogP contribution is 2.33. The van der Waals surface area contributed by atoms with Crippen LogP contribution in [-0.2, 0) is 22.6 Å². The van der Waals surface area contributed by atoms with E-state index in [9.17, 15) is 9.59 Å². The van der Waals surface area contributed by atoms with Crippen molar-refractivity contribution >= 4 is 34.1 Å². The molecule has 1 saturated carbocycles. The Morgan fingerprint density at radius 1 is 1.05 bits per heavy atom. The number of carbonyl (C=O) groups is 2. The van der Waals surface area contributed by atoms with Gasteiger partial charge in [-0.3, -0.25) is 9.59 Å². The van der Waals surface area contributed by atoms with Gasteiger partial charge in [0.1, 0.15) is 11.8 Å². The number of ether oxygens (including phenoxy) is 1. The van der Waals surface area contributed by atoms with E-state index in [0.29, 0.717) is 5.75 Å². The summed E-state index contributed by atoms with van der Waals surface area (Å²) in [7, 11) is 1.63. The van der Waals surface area contributed by atoms with Crippen molar-refractivity contribution in [2.24, 2.45) is 0 Å². The Morgan fingerprint density at radius 2 is 1.84 bits per heavy atom. The van der Waals surface area contributed by atoms with Gasteiger partial charge in [0.05, 0.1) is 20.1 Å². The van der Waals surface area contributed by atoms with Crippen molar-refractivity contribution in [3.05, 3.63) is 88.2 Å². The molecule has 0 bridgehead atoms. The molecule has 7 heteroatoms. The molecule has 1 aliphatic rings. The van der Waals surface area contributed by atoms with Crippen molar-refractivity contribution in [1.82, 2.24) is 15.2 Å². The average Bonchev–Trinajstić information content (AvgIpc) is 3.59. The van der Waals surface area contributed by atoms with E-state index in [1.54, 1.807) is 23.3 Å². The van der Waals surface area contributed by atoms with Crippen LogP contribution in [-0.4, -0.2) is 34.8 Å². The van der Waals surface area contributed by atoms with Gasteiger partial charge in [-0.2, -0.15) is 0 Å². The van der Waals surface area contributed by atoms with Crippen LogP contribution in [0.15, 0.2) is 72.2 Å². The number of methoxy groups -OCH3 is 1. The summed E-state index contributed by atoms with van der Waals surface area (Å²) < 4.78 is 5.61. The Morgan fingerprint density at radius 3 is 2.62 bits per heavy atom. The first-order valence-electron chi connectivity index (χ1n) is 12.9. The van der Waals surface area contributed by atoms with Gasteiger partial charge in [0, 0.05) is 39.1 Å². The number of aromatic nitrogens is 1. The van der Waals surface area contributed by atoms with Crippen LogP contribution in [0.5, 0.6) is 5.75 Å². The highest BCUT2D eigenvalue weighted by atomic mass is 32.1. The minimum Gasteiger partial charge on any atom is -0.496 e. The first kappa shape index (κ1) is 25.1. The second-order valence-electron chi connectivity index (χ2n) is 9.63. The smallest absolute Gasteiger partial charge is 0.247 e. The predicted octanol–water partition coefficient (Wildman–Crippen LogP) is 6.00. The molecule has 1 fully saturated rings. The molecule has 2 aromatic heterocycles. The number of amides is 2. The number of benzene rings is 2. The highest BCUT2D eigenvalue weighted by Gasteiger charge is 2.35. The maximum Gasteiger partial charge on any atom is 0.247 e. The Bertz CT molecular complexity index is 1340. The van der Waals surface area contributed by atoms with E-state index in [0.717, 1.165) is 52.6 Å². The quantitative estimate of drug-likeness (QED) is 0.287. The maximum atomic E-state index is 14.1. The molecule has 0 radical (unpaired) electrons. The van der Waals surface area contributed by atoms with Crippen LogP contribution in [0, 0.1) is 0 Å². The Kier molecular flexibility index (Phi) is 7.90. The molecule has 0 unspecified atom stereocenters.